The second kappa shape index (κ2) is 9.82. The minimum Gasteiger partial charge on any atom is -0.494 e. The predicted octanol–water partition coefficient (Wildman–Crippen LogP) is 2.05. The Kier molecular flexibility index (Phi) is 7.48. The van der Waals surface area contributed by atoms with Crippen LogP contribution in [-0.4, -0.2) is 46.9 Å². The summed E-state index contributed by atoms with van der Waals surface area (Å²) in [6.45, 7) is 2.56. The summed E-state index contributed by atoms with van der Waals surface area (Å²) in [7, 11) is -3.49. The van der Waals surface area contributed by atoms with Gasteiger partial charge in [0.1, 0.15) is 11.5 Å². The number of hydrogen-bond acceptors (Lipinski definition) is 5. The number of para-hydroxylation sites is 1. The number of ether oxygens (including phenoxy) is 2. The fraction of sp³-hybridized carbons (Fsp3) is 0.316. The summed E-state index contributed by atoms with van der Waals surface area (Å²) < 4.78 is 36.1. The number of anilines is 1. The molecule has 7 nitrogen and oxygen atoms in total. The van der Waals surface area contributed by atoms with Gasteiger partial charge in [0.05, 0.1) is 25.1 Å². The zero-order valence-corrected chi connectivity index (χ0v) is 16.2. The molecule has 0 spiro atoms. The first-order chi connectivity index (χ1) is 12.9. The number of nitrogens with one attached hydrogen (secondary N) is 1. The maximum absolute atomic E-state index is 12.1. The van der Waals surface area contributed by atoms with E-state index >= 15 is 0 Å². The molecule has 0 bridgehead atoms. The van der Waals surface area contributed by atoms with Gasteiger partial charge >= 0.3 is 0 Å². The second-order valence-corrected chi connectivity index (χ2v) is 7.62. The van der Waals surface area contributed by atoms with Crippen LogP contribution in [0.25, 0.3) is 0 Å². The molecule has 1 N–H and O–H groups in total. The van der Waals surface area contributed by atoms with Crippen molar-refractivity contribution in [2.75, 3.05) is 36.9 Å². The molecule has 0 saturated heterocycles. The molecule has 0 aromatic heterocycles. The molecular weight excluding hydrogens is 368 g/mol. The minimum absolute atomic E-state index is 0.115. The van der Waals surface area contributed by atoms with Gasteiger partial charge in [-0.05, 0) is 43.3 Å². The Hall–Kier alpha value is -2.74. The molecule has 0 atom stereocenters. The highest BCUT2D eigenvalue weighted by Gasteiger charge is 2.17. The number of hydrogen-bond donors (Lipinski definition) is 1. The Labute approximate surface area is 160 Å². The van der Waals surface area contributed by atoms with Gasteiger partial charge in [-0.25, -0.2) is 8.42 Å². The monoisotopic (exact) mass is 392 g/mol. The first-order valence-corrected chi connectivity index (χ1v) is 10.4. The fourth-order valence-electron chi connectivity index (χ4n) is 2.38. The van der Waals surface area contributed by atoms with Crippen molar-refractivity contribution in [2.24, 2.45) is 0 Å². The van der Waals surface area contributed by atoms with E-state index in [4.69, 9.17) is 9.47 Å². The third kappa shape index (κ3) is 6.82. The zero-order chi connectivity index (χ0) is 19.7. The zero-order valence-electron chi connectivity index (χ0n) is 15.4. The highest BCUT2D eigenvalue weighted by atomic mass is 32.2. The van der Waals surface area contributed by atoms with Crippen LogP contribution in [0, 0.1) is 0 Å². The van der Waals surface area contributed by atoms with E-state index in [0.717, 1.165) is 6.26 Å². The first-order valence-electron chi connectivity index (χ1n) is 8.55. The van der Waals surface area contributed by atoms with E-state index in [2.05, 4.69) is 5.32 Å². The molecule has 0 saturated carbocycles. The molecule has 0 unspecified atom stereocenters. The van der Waals surface area contributed by atoms with Crippen LogP contribution in [0.1, 0.15) is 6.92 Å². The average molecular weight is 392 g/mol. The average Bonchev–Trinajstić information content (AvgIpc) is 2.64. The molecule has 2 rings (SSSR count). The van der Waals surface area contributed by atoms with Gasteiger partial charge in [0.25, 0.3) is 5.91 Å². The van der Waals surface area contributed by atoms with Crippen LogP contribution in [0.2, 0.25) is 0 Å². The van der Waals surface area contributed by atoms with Crippen LogP contribution in [0.5, 0.6) is 11.5 Å². The molecule has 0 fully saturated rings. The van der Waals surface area contributed by atoms with Crippen LogP contribution in [-0.2, 0) is 14.8 Å². The number of nitrogens with zero attached hydrogens (tertiary/aromatic N) is 1. The fourth-order valence-corrected chi connectivity index (χ4v) is 3.30. The molecule has 0 heterocycles. The van der Waals surface area contributed by atoms with E-state index in [0.29, 0.717) is 23.8 Å². The Bertz CT molecular complexity index is 823. The van der Waals surface area contributed by atoms with Crippen molar-refractivity contribution in [1.29, 1.82) is 0 Å². The lowest BCUT2D eigenvalue weighted by Gasteiger charge is -2.22. The van der Waals surface area contributed by atoms with Crippen LogP contribution >= 0.6 is 0 Å². The number of amides is 1. The van der Waals surface area contributed by atoms with Gasteiger partial charge < -0.3 is 14.8 Å². The summed E-state index contributed by atoms with van der Waals surface area (Å²) in [5.74, 6) is 0.944. The van der Waals surface area contributed by atoms with Gasteiger partial charge in [0.2, 0.25) is 10.0 Å². The Balaban J connectivity index is 1.88. The van der Waals surface area contributed by atoms with Gasteiger partial charge in [0.15, 0.2) is 6.61 Å². The summed E-state index contributed by atoms with van der Waals surface area (Å²) in [5, 5.41) is 2.66. The van der Waals surface area contributed by atoms with E-state index in [9.17, 15) is 13.2 Å². The molecule has 0 radical (unpaired) electrons. The molecule has 2 aromatic carbocycles. The van der Waals surface area contributed by atoms with Crippen molar-refractivity contribution >= 4 is 21.6 Å². The van der Waals surface area contributed by atoms with Crippen molar-refractivity contribution in [3.8, 4) is 11.5 Å². The molecule has 2 aromatic rings. The number of benzene rings is 2. The summed E-state index contributed by atoms with van der Waals surface area (Å²) in [6.07, 6.45) is 1.13. The Morgan fingerprint density at radius 2 is 1.63 bits per heavy atom. The van der Waals surface area contributed by atoms with E-state index < -0.39 is 10.0 Å². The number of sulfonamides is 1. The van der Waals surface area contributed by atoms with Crippen molar-refractivity contribution in [3.63, 3.8) is 0 Å². The van der Waals surface area contributed by atoms with Gasteiger partial charge in [0, 0.05) is 6.54 Å². The first kappa shape index (κ1) is 20.6. The third-order valence-corrected chi connectivity index (χ3v) is 4.78. The third-order valence-electron chi connectivity index (χ3n) is 3.59. The molecular formula is C19H24N2O5S. The van der Waals surface area contributed by atoms with Gasteiger partial charge in [-0.2, -0.15) is 0 Å². The minimum atomic E-state index is -3.49. The van der Waals surface area contributed by atoms with Gasteiger partial charge in [-0.15, -0.1) is 0 Å². The van der Waals surface area contributed by atoms with E-state index in [-0.39, 0.29) is 25.6 Å². The number of rotatable bonds is 10. The lowest BCUT2D eigenvalue weighted by Crippen LogP contribution is -2.39. The van der Waals surface area contributed by atoms with E-state index in [1.165, 1.54) is 4.31 Å². The molecule has 1 amide bonds. The molecule has 0 aliphatic heterocycles. The quantitative estimate of drug-likeness (QED) is 0.669. The van der Waals surface area contributed by atoms with Crippen LogP contribution in [0.3, 0.4) is 0 Å². The lowest BCUT2D eigenvalue weighted by atomic mass is 10.3. The number of carbonyl (C=O) groups is 1. The highest BCUT2D eigenvalue weighted by molar-refractivity contribution is 7.92. The van der Waals surface area contributed by atoms with Crippen molar-refractivity contribution in [3.05, 3.63) is 54.6 Å². The van der Waals surface area contributed by atoms with Crippen LogP contribution in [0.15, 0.2) is 54.6 Å². The van der Waals surface area contributed by atoms with Gasteiger partial charge in [-0.3, -0.25) is 9.10 Å². The normalized spacial score (nSPS) is 10.9. The topological polar surface area (TPSA) is 84.9 Å². The molecule has 8 heteroatoms. The van der Waals surface area contributed by atoms with E-state index in [1.54, 1.807) is 36.4 Å². The maximum atomic E-state index is 12.1. The second-order valence-electron chi connectivity index (χ2n) is 5.71. The summed E-state index contributed by atoms with van der Waals surface area (Å²) in [5.41, 5.74) is 0.510. The van der Waals surface area contributed by atoms with Crippen LogP contribution in [0.4, 0.5) is 5.69 Å². The predicted molar refractivity (Wildman–Crippen MR) is 105 cm³/mol. The maximum Gasteiger partial charge on any atom is 0.258 e. The molecule has 0 aliphatic carbocycles. The summed E-state index contributed by atoms with van der Waals surface area (Å²) in [4.78, 5) is 11.9. The lowest BCUT2D eigenvalue weighted by molar-refractivity contribution is -0.123. The molecule has 0 aliphatic rings. The summed E-state index contributed by atoms with van der Waals surface area (Å²) >= 11 is 0. The van der Waals surface area contributed by atoms with Crippen molar-refractivity contribution < 1.29 is 22.7 Å². The smallest absolute Gasteiger partial charge is 0.258 e. The molecule has 27 heavy (non-hydrogen) atoms. The van der Waals surface area contributed by atoms with Crippen molar-refractivity contribution in [2.45, 2.75) is 6.92 Å². The van der Waals surface area contributed by atoms with Crippen LogP contribution < -0.4 is 19.1 Å². The largest absolute Gasteiger partial charge is 0.494 e. The number of carbonyl (C=O) groups excluding carboxylic acids is 1. The van der Waals surface area contributed by atoms with E-state index in [1.807, 2.05) is 25.1 Å². The van der Waals surface area contributed by atoms with Gasteiger partial charge in [-0.1, -0.05) is 18.2 Å². The highest BCUT2D eigenvalue weighted by Crippen LogP contribution is 2.21. The molecule has 146 valence electrons. The Morgan fingerprint density at radius 3 is 2.22 bits per heavy atom. The summed E-state index contributed by atoms with van der Waals surface area (Å²) in [6, 6.07) is 15.8. The SMILES string of the molecule is CCOc1ccc(N(CCNC(=O)COc2ccccc2)S(C)(=O)=O)cc1. The Morgan fingerprint density at radius 1 is 1.00 bits per heavy atom. The van der Waals surface area contributed by atoms with Crippen molar-refractivity contribution in [1.82, 2.24) is 5.32 Å². The standard InChI is InChI=1S/C19H24N2O5S/c1-3-25-18-11-9-16(10-12-18)21(27(2,23)24)14-13-20-19(22)15-26-17-7-5-4-6-8-17/h4-12H,3,13-15H2,1-2H3,(H,20,22).